The average Bonchev–Trinajstić information content (AvgIpc) is 3.36. The Bertz CT molecular complexity index is 1140. The van der Waals surface area contributed by atoms with Crippen LogP contribution in [0.1, 0.15) is 37.0 Å². The van der Waals surface area contributed by atoms with Gasteiger partial charge in [-0.05, 0) is 42.6 Å². The third kappa shape index (κ3) is 6.50. The van der Waals surface area contributed by atoms with Gasteiger partial charge in [0.05, 0.1) is 12.3 Å². The molecule has 9 heteroatoms. The van der Waals surface area contributed by atoms with E-state index >= 15 is 4.39 Å². The molecule has 1 fully saturated rings. The maximum atomic E-state index is 15.1. The second kappa shape index (κ2) is 12.0. The Morgan fingerprint density at radius 3 is 2.53 bits per heavy atom. The fourth-order valence-corrected chi connectivity index (χ4v) is 5.19. The van der Waals surface area contributed by atoms with Crippen LogP contribution in [0, 0.1) is 5.82 Å². The first-order chi connectivity index (χ1) is 17.3. The van der Waals surface area contributed by atoms with Crippen molar-refractivity contribution in [3.05, 3.63) is 77.2 Å². The maximum absolute atomic E-state index is 15.1. The van der Waals surface area contributed by atoms with E-state index in [4.69, 9.17) is 0 Å². The Hall–Kier alpha value is -2.78. The molecule has 5 nitrogen and oxygen atoms in total. The van der Waals surface area contributed by atoms with Crippen molar-refractivity contribution in [2.24, 2.45) is 10.2 Å². The number of hydrogen-bond acceptors (Lipinski definition) is 6. The van der Waals surface area contributed by atoms with Crippen LogP contribution >= 0.6 is 11.9 Å². The minimum absolute atomic E-state index is 0.0523. The van der Waals surface area contributed by atoms with Crippen molar-refractivity contribution in [1.29, 1.82) is 0 Å². The zero-order valence-corrected chi connectivity index (χ0v) is 21.6. The smallest absolute Gasteiger partial charge is 0.278 e. The van der Waals surface area contributed by atoms with Gasteiger partial charge in [0.25, 0.3) is 6.43 Å². The lowest BCUT2D eigenvalue weighted by molar-refractivity contribution is 0.153. The molecule has 36 heavy (non-hydrogen) atoms. The Morgan fingerprint density at radius 1 is 1.11 bits per heavy atom. The van der Waals surface area contributed by atoms with E-state index in [0.29, 0.717) is 23.4 Å². The molecule has 4 rings (SSSR count). The van der Waals surface area contributed by atoms with Gasteiger partial charge in [-0.15, -0.1) is 0 Å². The molecule has 0 spiro atoms. The third-order valence-corrected chi connectivity index (χ3v) is 7.31. The minimum Gasteiger partial charge on any atom is -0.373 e. The van der Waals surface area contributed by atoms with Crippen molar-refractivity contribution in [1.82, 2.24) is 9.80 Å². The van der Waals surface area contributed by atoms with Gasteiger partial charge in [-0.2, -0.15) is 10.2 Å². The van der Waals surface area contributed by atoms with Crippen molar-refractivity contribution < 1.29 is 13.2 Å². The lowest BCUT2D eigenvalue weighted by atomic mass is 10.0. The lowest BCUT2D eigenvalue weighted by Crippen LogP contribution is -2.44. The van der Waals surface area contributed by atoms with Gasteiger partial charge in [0, 0.05) is 67.4 Å². The summed E-state index contributed by atoms with van der Waals surface area (Å²) in [6.45, 7) is 13.4. The van der Waals surface area contributed by atoms with Crippen LogP contribution in [0.25, 0.3) is 0 Å². The predicted molar refractivity (Wildman–Crippen MR) is 143 cm³/mol. The highest BCUT2D eigenvalue weighted by Gasteiger charge is 2.23. The van der Waals surface area contributed by atoms with Crippen LogP contribution in [0.3, 0.4) is 0 Å². The largest absolute Gasteiger partial charge is 0.373 e. The molecule has 0 atom stereocenters. The number of hydrogen-bond donors (Lipinski definition) is 0. The summed E-state index contributed by atoms with van der Waals surface area (Å²) in [4.78, 5) is 4.76. The molecule has 0 aromatic heterocycles. The van der Waals surface area contributed by atoms with Crippen molar-refractivity contribution >= 4 is 29.1 Å². The average molecular weight is 516 g/mol. The van der Waals surface area contributed by atoms with Gasteiger partial charge in [0.2, 0.25) is 0 Å². The quantitative estimate of drug-likeness (QED) is 0.366. The molecule has 0 unspecified atom stereocenters. The first-order valence-corrected chi connectivity index (χ1v) is 13.1. The first kappa shape index (κ1) is 26.3. The summed E-state index contributed by atoms with van der Waals surface area (Å²) >= 11 is 1.64. The number of allylic oxidation sites excluding steroid dienone is 1. The summed E-state index contributed by atoms with van der Waals surface area (Å²) in [5.74, 6) is 0.464. The van der Waals surface area contributed by atoms with Crippen LogP contribution in [0.4, 0.5) is 18.9 Å². The molecular weight excluding hydrogens is 483 g/mol. The molecule has 2 heterocycles. The zero-order chi connectivity index (χ0) is 25.7. The summed E-state index contributed by atoms with van der Waals surface area (Å²) < 4.78 is 42.9. The number of piperazine rings is 1. The van der Waals surface area contributed by atoms with Crippen molar-refractivity contribution in [2.45, 2.75) is 39.8 Å². The molecular formula is C27H32F3N5S. The predicted octanol–water partition coefficient (Wildman–Crippen LogP) is 5.97. The first-order valence-electron chi connectivity index (χ1n) is 12.2. The Morgan fingerprint density at radius 2 is 1.89 bits per heavy atom. The molecule has 2 aromatic carbocycles. The van der Waals surface area contributed by atoms with E-state index in [-0.39, 0.29) is 17.9 Å². The van der Waals surface area contributed by atoms with Gasteiger partial charge in [-0.1, -0.05) is 37.8 Å². The molecule has 0 bridgehead atoms. The SMILES string of the molecule is C=C(C)N1CCN(Cc2cccc(N(Cc3ccc(C4=NN=C(C(F)F)C4)cc3F)SCC)c2)CC1. The van der Waals surface area contributed by atoms with Gasteiger partial charge in [-0.3, -0.25) is 4.90 Å². The van der Waals surface area contributed by atoms with Crippen LogP contribution in [0.5, 0.6) is 0 Å². The fraction of sp³-hybridized carbons (Fsp3) is 0.407. The maximum Gasteiger partial charge on any atom is 0.278 e. The van der Waals surface area contributed by atoms with E-state index in [1.165, 1.54) is 11.6 Å². The summed E-state index contributed by atoms with van der Waals surface area (Å²) in [5.41, 5.74) is 4.48. The second-order valence-electron chi connectivity index (χ2n) is 9.04. The molecule has 192 valence electrons. The highest BCUT2D eigenvalue weighted by Crippen LogP contribution is 2.28. The Kier molecular flexibility index (Phi) is 8.74. The fourth-order valence-electron chi connectivity index (χ4n) is 4.38. The molecule has 0 aliphatic carbocycles. The van der Waals surface area contributed by atoms with Crippen LogP contribution in [-0.4, -0.2) is 59.6 Å². The summed E-state index contributed by atoms with van der Waals surface area (Å²) in [5, 5.41) is 7.35. The lowest BCUT2D eigenvalue weighted by Gasteiger charge is -2.36. The summed E-state index contributed by atoms with van der Waals surface area (Å²) in [7, 11) is 0. The Labute approximate surface area is 215 Å². The van der Waals surface area contributed by atoms with E-state index in [1.807, 2.05) is 6.07 Å². The number of anilines is 1. The molecule has 2 aliphatic heterocycles. The molecule has 2 aliphatic rings. The van der Waals surface area contributed by atoms with Gasteiger partial charge in [0.15, 0.2) is 0 Å². The summed E-state index contributed by atoms with van der Waals surface area (Å²) in [6.07, 6.45) is -2.70. The molecule has 0 saturated carbocycles. The van der Waals surface area contributed by atoms with E-state index in [2.05, 4.69) is 62.9 Å². The number of alkyl halides is 2. The van der Waals surface area contributed by atoms with E-state index in [9.17, 15) is 8.78 Å². The Balaban J connectivity index is 1.43. The zero-order valence-electron chi connectivity index (χ0n) is 20.8. The monoisotopic (exact) mass is 515 g/mol. The normalized spacial score (nSPS) is 16.3. The highest BCUT2D eigenvalue weighted by atomic mass is 32.2. The van der Waals surface area contributed by atoms with Crippen molar-refractivity contribution in [3.8, 4) is 0 Å². The standard InChI is InChI=1S/C27H32F3N5S/c1-4-36-35(18-22-9-8-21(15-24(22)28)25-16-26(27(29)30)32-31-25)23-7-5-6-20(14-23)17-33-10-12-34(13-11-33)19(2)3/h5-9,14-15,27H,2,4,10-13,16-18H2,1,3H3. The topological polar surface area (TPSA) is 34.4 Å². The molecule has 2 aromatic rings. The molecule has 0 N–H and O–H groups in total. The highest BCUT2D eigenvalue weighted by molar-refractivity contribution is 8.00. The second-order valence-corrected chi connectivity index (χ2v) is 10.3. The van der Waals surface area contributed by atoms with Crippen LogP contribution < -0.4 is 4.31 Å². The van der Waals surface area contributed by atoms with Crippen LogP contribution in [-0.2, 0) is 13.1 Å². The van der Waals surface area contributed by atoms with E-state index < -0.39 is 6.43 Å². The van der Waals surface area contributed by atoms with Gasteiger partial charge in [0.1, 0.15) is 11.5 Å². The number of nitrogens with zero attached hydrogens (tertiary/aromatic N) is 5. The van der Waals surface area contributed by atoms with E-state index in [1.54, 1.807) is 24.1 Å². The van der Waals surface area contributed by atoms with Crippen LogP contribution in [0.2, 0.25) is 0 Å². The van der Waals surface area contributed by atoms with Gasteiger partial charge >= 0.3 is 0 Å². The third-order valence-electron chi connectivity index (χ3n) is 6.40. The van der Waals surface area contributed by atoms with Crippen molar-refractivity contribution in [3.63, 3.8) is 0 Å². The van der Waals surface area contributed by atoms with Gasteiger partial charge in [-0.25, -0.2) is 13.2 Å². The number of rotatable bonds is 10. The molecule has 1 saturated heterocycles. The molecule has 0 amide bonds. The summed E-state index contributed by atoms with van der Waals surface area (Å²) in [6, 6.07) is 13.2. The molecule has 0 radical (unpaired) electrons. The number of halogens is 3. The minimum atomic E-state index is -2.65. The number of benzene rings is 2. The van der Waals surface area contributed by atoms with Crippen LogP contribution in [0.15, 0.2) is 64.9 Å². The van der Waals surface area contributed by atoms with Crippen molar-refractivity contribution in [2.75, 3.05) is 36.2 Å². The van der Waals surface area contributed by atoms with E-state index in [0.717, 1.165) is 49.9 Å². The van der Waals surface area contributed by atoms with Gasteiger partial charge < -0.3 is 9.21 Å².